The van der Waals surface area contributed by atoms with Crippen molar-refractivity contribution in [2.75, 3.05) is 4.90 Å². The van der Waals surface area contributed by atoms with Crippen molar-refractivity contribution in [2.24, 2.45) is 0 Å². The lowest BCUT2D eigenvalue weighted by atomic mass is 9.97. The van der Waals surface area contributed by atoms with Gasteiger partial charge in [0.15, 0.2) is 0 Å². The number of para-hydroxylation sites is 1. The van der Waals surface area contributed by atoms with E-state index in [0.717, 1.165) is 88.6 Å². The zero-order valence-electron chi connectivity index (χ0n) is 33.4. The molecular weight excluding hydrogens is 775 g/mol. The quantitative estimate of drug-likeness (QED) is 0.168. The van der Waals surface area contributed by atoms with Crippen molar-refractivity contribution in [1.29, 1.82) is 0 Å². The standard InChI is InChI=1S/C58H35NO2S/c1-2-9-46-38(8-1)22-32-50-57-45(12-7-14-53(57)61-58(46)50)39-20-29-44(30-21-39)59(42-25-16-36(17-26-42)40-24-33-56-51(34-40)49-11-4-6-15-55(49)62-56)43-27-18-37(19-28-43)41-23-31-48-47-10-3-5-13-52(47)60-54(48)35-41/h1-35H. The van der Waals surface area contributed by atoms with Gasteiger partial charge in [0.05, 0.1) is 0 Å². The van der Waals surface area contributed by atoms with Crippen LogP contribution in [-0.2, 0) is 0 Å². The van der Waals surface area contributed by atoms with Gasteiger partial charge >= 0.3 is 0 Å². The van der Waals surface area contributed by atoms with Crippen molar-refractivity contribution in [1.82, 2.24) is 0 Å². The highest BCUT2D eigenvalue weighted by Gasteiger charge is 2.18. The maximum atomic E-state index is 6.55. The maximum Gasteiger partial charge on any atom is 0.143 e. The van der Waals surface area contributed by atoms with Crippen LogP contribution < -0.4 is 4.90 Å². The van der Waals surface area contributed by atoms with Gasteiger partial charge in [-0.3, -0.25) is 0 Å². The Hall–Kier alpha value is -7.92. The van der Waals surface area contributed by atoms with Crippen LogP contribution in [0.5, 0.6) is 0 Å². The summed E-state index contributed by atoms with van der Waals surface area (Å²) in [6, 6.07) is 76.3. The third kappa shape index (κ3) is 5.58. The molecule has 0 unspecified atom stereocenters. The number of rotatable bonds is 6. The lowest BCUT2D eigenvalue weighted by Gasteiger charge is -2.26. The molecule has 0 aliphatic carbocycles. The molecule has 4 heteroatoms. The molecule has 0 aliphatic heterocycles. The highest BCUT2D eigenvalue weighted by atomic mass is 32.1. The molecule has 0 atom stereocenters. The molecule has 0 radical (unpaired) electrons. The van der Waals surface area contributed by atoms with Crippen molar-refractivity contribution in [3.63, 3.8) is 0 Å². The third-order valence-electron chi connectivity index (χ3n) is 12.5. The fraction of sp³-hybridized carbons (Fsp3) is 0. The van der Waals surface area contributed by atoms with E-state index in [1.165, 1.54) is 36.7 Å². The summed E-state index contributed by atoms with van der Waals surface area (Å²) in [5, 5.41) is 9.47. The number of anilines is 3. The van der Waals surface area contributed by atoms with Crippen LogP contribution >= 0.6 is 11.3 Å². The summed E-state index contributed by atoms with van der Waals surface area (Å²) in [6.45, 7) is 0. The molecule has 0 fully saturated rings. The number of furan rings is 2. The number of hydrogen-bond donors (Lipinski definition) is 0. The highest BCUT2D eigenvalue weighted by molar-refractivity contribution is 7.25. The molecule has 0 saturated heterocycles. The Labute approximate surface area is 360 Å². The van der Waals surface area contributed by atoms with Gasteiger partial charge < -0.3 is 13.7 Å². The van der Waals surface area contributed by atoms with E-state index < -0.39 is 0 Å². The molecule has 290 valence electrons. The second kappa shape index (κ2) is 13.8. The smallest absolute Gasteiger partial charge is 0.143 e. The van der Waals surface area contributed by atoms with Crippen LogP contribution in [-0.4, -0.2) is 0 Å². The fourth-order valence-electron chi connectivity index (χ4n) is 9.45. The number of nitrogens with zero attached hydrogens (tertiary/aromatic N) is 1. The molecular formula is C58H35NO2S. The second-order valence-electron chi connectivity index (χ2n) is 16.0. The summed E-state index contributed by atoms with van der Waals surface area (Å²) in [5.41, 5.74) is 13.8. The van der Waals surface area contributed by atoms with Crippen LogP contribution in [0.25, 0.3) is 108 Å². The monoisotopic (exact) mass is 809 g/mol. The van der Waals surface area contributed by atoms with E-state index in [0.29, 0.717) is 0 Å². The van der Waals surface area contributed by atoms with Gasteiger partial charge in [-0.05, 0) is 124 Å². The summed E-state index contributed by atoms with van der Waals surface area (Å²) < 4.78 is 15.4. The van der Waals surface area contributed by atoms with E-state index in [2.05, 4.69) is 205 Å². The van der Waals surface area contributed by atoms with Gasteiger partial charge in [0.1, 0.15) is 22.3 Å². The Morgan fingerprint density at radius 2 is 0.887 bits per heavy atom. The first kappa shape index (κ1) is 34.9. The molecule has 0 aliphatic rings. The summed E-state index contributed by atoms with van der Waals surface area (Å²) in [4.78, 5) is 2.34. The lowest BCUT2D eigenvalue weighted by Crippen LogP contribution is -2.09. The molecule has 0 N–H and O–H groups in total. The fourth-order valence-corrected chi connectivity index (χ4v) is 10.5. The third-order valence-corrected chi connectivity index (χ3v) is 13.6. The van der Waals surface area contributed by atoms with Crippen LogP contribution in [0.1, 0.15) is 0 Å². The first-order chi connectivity index (χ1) is 30.7. The normalized spacial score (nSPS) is 11.9. The Morgan fingerprint density at radius 1 is 0.323 bits per heavy atom. The van der Waals surface area contributed by atoms with Crippen molar-refractivity contribution < 1.29 is 8.83 Å². The molecule has 0 spiro atoms. The average molecular weight is 810 g/mol. The van der Waals surface area contributed by atoms with Gasteiger partial charge in [-0.15, -0.1) is 11.3 Å². The van der Waals surface area contributed by atoms with Crippen LogP contribution in [0.2, 0.25) is 0 Å². The summed E-state index contributed by atoms with van der Waals surface area (Å²) >= 11 is 1.85. The van der Waals surface area contributed by atoms with Crippen LogP contribution in [0, 0.1) is 0 Å². The lowest BCUT2D eigenvalue weighted by molar-refractivity contribution is 0.669. The minimum atomic E-state index is 0.894. The van der Waals surface area contributed by atoms with Crippen molar-refractivity contribution in [3.8, 4) is 33.4 Å². The Morgan fingerprint density at radius 3 is 1.66 bits per heavy atom. The molecule has 0 saturated carbocycles. The zero-order chi connectivity index (χ0) is 40.7. The van der Waals surface area contributed by atoms with E-state index in [1.54, 1.807) is 0 Å². The highest BCUT2D eigenvalue weighted by Crippen LogP contribution is 2.43. The van der Waals surface area contributed by atoms with Crippen LogP contribution in [0.4, 0.5) is 17.1 Å². The molecule has 10 aromatic carbocycles. The van der Waals surface area contributed by atoms with Crippen molar-refractivity contribution in [3.05, 3.63) is 212 Å². The summed E-state index contributed by atoms with van der Waals surface area (Å²) in [5.74, 6) is 0. The van der Waals surface area contributed by atoms with Gasteiger partial charge in [-0.1, -0.05) is 127 Å². The first-order valence-corrected chi connectivity index (χ1v) is 21.8. The predicted molar refractivity (Wildman–Crippen MR) is 262 cm³/mol. The maximum absolute atomic E-state index is 6.55. The number of hydrogen-bond acceptors (Lipinski definition) is 4. The van der Waals surface area contributed by atoms with Gasteiger partial charge in [0.2, 0.25) is 0 Å². The Kier molecular flexibility index (Phi) is 7.78. The number of fused-ring (bicyclic) bond motifs is 11. The Balaban J connectivity index is 0.895. The van der Waals surface area contributed by atoms with E-state index in [9.17, 15) is 0 Å². The molecule has 13 aromatic rings. The van der Waals surface area contributed by atoms with Gasteiger partial charge in [0, 0.05) is 64.2 Å². The molecule has 3 nitrogen and oxygen atoms in total. The minimum absolute atomic E-state index is 0.894. The van der Waals surface area contributed by atoms with E-state index in [-0.39, 0.29) is 0 Å². The van der Waals surface area contributed by atoms with E-state index in [1.807, 2.05) is 23.5 Å². The number of thiophene rings is 1. The largest absolute Gasteiger partial charge is 0.456 e. The van der Waals surface area contributed by atoms with E-state index in [4.69, 9.17) is 8.83 Å². The molecule has 3 heterocycles. The molecule has 3 aromatic heterocycles. The van der Waals surface area contributed by atoms with Gasteiger partial charge in [-0.2, -0.15) is 0 Å². The SMILES string of the molecule is c1ccc2c(c1)ccc1c2oc2cccc(-c3ccc(N(c4ccc(-c5ccc6c(c5)oc5ccccc56)cc4)c4ccc(-c5ccc6sc7ccccc7c6c5)cc4)cc3)c21. The summed E-state index contributed by atoms with van der Waals surface area (Å²) in [7, 11) is 0. The van der Waals surface area contributed by atoms with Gasteiger partial charge in [-0.25, -0.2) is 0 Å². The van der Waals surface area contributed by atoms with E-state index >= 15 is 0 Å². The Bertz CT molecular complexity index is 3850. The molecule has 62 heavy (non-hydrogen) atoms. The number of benzene rings is 10. The molecule has 0 amide bonds. The summed E-state index contributed by atoms with van der Waals surface area (Å²) in [6.07, 6.45) is 0. The average Bonchev–Trinajstić information content (AvgIpc) is 4.03. The van der Waals surface area contributed by atoms with Crippen LogP contribution in [0.15, 0.2) is 221 Å². The first-order valence-electron chi connectivity index (χ1n) is 21.0. The predicted octanol–water partition coefficient (Wildman–Crippen LogP) is 17.5. The minimum Gasteiger partial charge on any atom is -0.456 e. The van der Waals surface area contributed by atoms with Crippen molar-refractivity contribution in [2.45, 2.75) is 0 Å². The second-order valence-corrected chi connectivity index (χ2v) is 17.1. The topological polar surface area (TPSA) is 29.5 Å². The van der Waals surface area contributed by atoms with Crippen LogP contribution in [0.3, 0.4) is 0 Å². The van der Waals surface area contributed by atoms with Gasteiger partial charge in [0.25, 0.3) is 0 Å². The molecule has 13 rings (SSSR count). The molecule has 0 bridgehead atoms. The van der Waals surface area contributed by atoms with Crippen molar-refractivity contribution >= 4 is 103 Å². The zero-order valence-corrected chi connectivity index (χ0v) is 34.2.